The molecule has 7 heteroatoms. The molecule has 2 saturated carbocycles. The van der Waals surface area contributed by atoms with Crippen molar-refractivity contribution in [1.29, 1.82) is 0 Å². The molecule has 1 N–H and O–H groups in total. The lowest BCUT2D eigenvalue weighted by molar-refractivity contribution is -0.218. The molecule has 3 aliphatic carbocycles. The Morgan fingerprint density at radius 1 is 1.00 bits per heavy atom. The molecule has 3 aromatic rings. The molecule has 1 aromatic heterocycles. The van der Waals surface area contributed by atoms with Gasteiger partial charge in [0.05, 0.1) is 0 Å². The molecular formula is C36H38N2O5. The maximum absolute atomic E-state index is 13.9. The number of aromatic amines is 1. The Kier molecular flexibility index (Phi) is 4.95. The molecule has 3 aliphatic heterocycles. The van der Waals surface area contributed by atoms with Gasteiger partial charge in [0.2, 0.25) is 0 Å². The largest absolute Gasteiger partial charge is 0.445 e. The Labute approximate surface area is 251 Å². The van der Waals surface area contributed by atoms with E-state index in [0.717, 1.165) is 18.4 Å². The number of ketones is 1. The fourth-order valence-corrected chi connectivity index (χ4v) is 10.2. The van der Waals surface area contributed by atoms with Gasteiger partial charge in [0, 0.05) is 47.4 Å². The number of hydrogen-bond donors (Lipinski definition) is 1. The molecule has 3 fully saturated rings. The highest BCUT2D eigenvalue weighted by atomic mass is 16.8. The van der Waals surface area contributed by atoms with Crippen LogP contribution in [0, 0.1) is 17.3 Å². The Bertz CT molecular complexity index is 1750. The maximum atomic E-state index is 13.9. The number of rotatable bonds is 1. The highest BCUT2D eigenvalue weighted by Gasteiger charge is 2.72. The third-order valence-corrected chi connectivity index (χ3v) is 12.4. The van der Waals surface area contributed by atoms with Gasteiger partial charge in [0.15, 0.2) is 17.7 Å². The molecule has 43 heavy (non-hydrogen) atoms. The number of carbonyl (C=O) groups excluding carboxylic acids is 2. The molecule has 222 valence electrons. The molecule has 7 nitrogen and oxygen atoms in total. The first-order chi connectivity index (χ1) is 20.5. The minimum absolute atomic E-state index is 0.0533. The lowest BCUT2D eigenvalue weighted by atomic mass is 9.43. The molecule has 0 radical (unpaired) electrons. The highest BCUT2D eigenvalue weighted by Crippen LogP contribution is 2.70. The summed E-state index contributed by atoms with van der Waals surface area (Å²) in [6.07, 6.45) is 3.64. The van der Waals surface area contributed by atoms with Gasteiger partial charge in [0.1, 0.15) is 11.7 Å². The summed E-state index contributed by atoms with van der Waals surface area (Å²) >= 11 is 0. The molecule has 1 spiro atoms. The second-order valence-electron chi connectivity index (χ2n) is 14.8. The van der Waals surface area contributed by atoms with Crippen molar-refractivity contribution < 1.29 is 23.8 Å². The average Bonchev–Trinajstić information content (AvgIpc) is 3.70. The third kappa shape index (κ3) is 3.17. The van der Waals surface area contributed by atoms with E-state index in [1.807, 2.05) is 32.1 Å². The SMILES string of the molecule is CC1(C)OC23CCC4(C)C(C2=CC(=O)C1O3)[C@@H](OC(=O)N1Cc2ccccc2C1)CC1Cc2c([nH]c3ccccc23)[C@@]14C. The van der Waals surface area contributed by atoms with E-state index in [2.05, 4.69) is 55.2 Å². The van der Waals surface area contributed by atoms with E-state index in [9.17, 15) is 9.59 Å². The minimum atomic E-state index is -0.966. The van der Waals surface area contributed by atoms with Gasteiger partial charge in [-0.3, -0.25) is 9.69 Å². The van der Waals surface area contributed by atoms with E-state index in [0.29, 0.717) is 25.9 Å². The second kappa shape index (κ2) is 8.19. The lowest BCUT2D eigenvalue weighted by Crippen LogP contribution is -2.64. The van der Waals surface area contributed by atoms with Crippen LogP contribution in [0.15, 0.2) is 60.2 Å². The van der Waals surface area contributed by atoms with Gasteiger partial charge in [-0.05, 0) is 78.8 Å². The summed E-state index contributed by atoms with van der Waals surface area (Å²) in [5, 5.41) is 1.28. The predicted octanol–water partition coefficient (Wildman–Crippen LogP) is 6.34. The zero-order valence-corrected chi connectivity index (χ0v) is 25.2. The van der Waals surface area contributed by atoms with Crippen molar-refractivity contribution in [3.63, 3.8) is 0 Å². The van der Waals surface area contributed by atoms with Crippen LogP contribution in [-0.2, 0) is 43.9 Å². The number of nitrogens with one attached hydrogen (secondary N) is 1. The summed E-state index contributed by atoms with van der Waals surface area (Å²) in [5.74, 6) is -0.960. The van der Waals surface area contributed by atoms with Crippen LogP contribution in [0.3, 0.4) is 0 Å². The van der Waals surface area contributed by atoms with Crippen molar-refractivity contribution >= 4 is 22.8 Å². The first-order valence-electron chi connectivity index (χ1n) is 15.8. The van der Waals surface area contributed by atoms with Crippen LogP contribution in [0.1, 0.15) is 69.3 Å². The van der Waals surface area contributed by atoms with E-state index in [1.54, 1.807) is 4.90 Å². The van der Waals surface area contributed by atoms with E-state index >= 15 is 0 Å². The molecule has 2 aromatic carbocycles. The standard InChI is InChI=1S/C36H38N2O5/c1-33(2)31-27(39)17-25-29-28(41-32(40)38-18-20-9-5-6-10-21(20)19-38)16-22-15-24-23-11-7-8-12-26(23)37-30(24)35(22,4)34(29,3)13-14-36(25,42-31)43-33/h5-12,17,22,28-29,31,37H,13-16,18-19H2,1-4H3/t22?,28-,29?,31?,34?,35+,36?/m0/s1. The topological polar surface area (TPSA) is 80.9 Å². The zero-order chi connectivity index (χ0) is 29.5. The number of fused-ring (bicyclic) bond motifs is 10. The molecule has 1 amide bonds. The summed E-state index contributed by atoms with van der Waals surface area (Å²) in [5.41, 5.74) is 5.79. The Morgan fingerprint density at radius 2 is 1.72 bits per heavy atom. The molecule has 2 bridgehead atoms. The minimum Gasteiger partial charge on any atom is -0.445 e. The number of aromatic nitrogens is 1. The molecule has 6 aliphatic rings. The van der Waals surface area contributed by atoms with Crippen molar-refractivity contribution in [2.45, 2.75) is 95.5 Å². The number of para-hydroxylation sites is 1. The summed E-state index contributed by atoms with van der Waals surface area (Å²) < 4.78 is 19.9. The van der Waals surface area contributed by atoms with Crippen LogP contribution in [0.2, 0.25) is 0 Å². The maximum Gasteiger partial charge on any atom is 0.410 e. The highest BCUT2D eigenvalue weighted by molar-refractivity contribution is 5.97. The van der Waals surface area contributed by atoms with Gasteiger partial charge in [0.25, 0.3) is 0 Å². The molecule has 9 rings (SSSR count). The van der Waals surface area contributed by atoms with Gasteiger partial charge in [-0.2, -0.15) is 0 Å². The molecule has 7 atom stereocenters. The van der Waals surface area contributed by atoms with Gasteiger partial charge in [-0.15, -0.1) is 0 Å². The van der Waals surface area contributed by atoms with Crippen LogP contribution >= 0.6 is 0 Å². The molecule has 4 heterocycles. The van der Waals surface area contributed by atoms with Crippen LogP contribution in [0.25, 0.3) is 10.9 Å². The van der Waals surface area contributed by atoms with Crippen molar-refractivity contribution in [1.82, 2.24) is 9.88 Å². The van der Waals surface area contributed by atoms with Crippen LogP contribution in [-0.4, -0.2) is 45.4 Å². The average molecular weight is 579 g/mol. The second-order valence-corrected chi connectivity index (χ2v) is 14.8. The van der Waals surface area contributed by atoms with E-state index in [4.69, 9.17) is 14.2 Å². The van der Waals surface area contributed by atoms with Crippen molar-refractivity contribution in [2.24, 2.45) is 17.3 Å². The van der Waals surface area contributed by atoms with Gasteiger partial charge < -0.3 is 19.2 Å². The smallest absolute Gasteiger partial charge is 0.410 e. The number of benzene rings is 2. The Morgan fingerprint density at radius 3 is 2.49 bits per heavy atom. The number of amides is 1. The normalized spacial score (nSPS) is 38.2. The fraction of sp³-hybridized carbons (Fsp3) is 0.500. The number of ether oxygens (including phenoxy) is 3. The van der Waals surface area contributed by atoms with Crippen LogP contribution in [0.5, 0.6) is 0 Å². The van der Waals surface area contributed by atoms with Crippen LogP contribution in [0.4, 0.5) is 4.79 Å². The zero-order valence-electron chi connectivity index (χ0n) is 25.2. The molecule has 1 saturated heterocycles. The quantitative estimate of drug-likeness (QED) is 0.365. The summed E-state index contributed by atoms with van der Waals surface area (Å²) in [6.45, 7) is 9.77. The molecule has 5 unspecified atom stereocenters. The monoisotopic (exact) mass is 578 g/mol. The predicted molar refractivity (Wildman–Crippen MR) is 160 cm³/mol. The van der Waals surface area contributed by atoms with Gasteiger partial charge in [-0.1, -0.05) is 56.3 Å². The van der Waals surface area contributed by atoms with Crippen molar-refractivity contribution in [3.8, 4) is 0 Å². The third-order valence-electron chi connectivity index (χ3n) is 12.4. The van der Waals surface area contributed by atoms with Crippen LogP contribution < -0.4 is 0 Å². The number of nitrogens with zero attached hydrogens (tertiary/aromatic N) is 1. The Hall–Kier alpha value is -3.42. The first-order valence-corrected chi connectivity index (χ1v) is 15.8. The van der Waals surface area contributed by atoms with E-state index < -0.39 is 23.6 Å². The van der Waals surface area contributed by atoms with E-state index in [-0.39, 0.29) is 34.5 Å². The summed E-state index contributed by atoms with van der Waals surface area (Å²) in [4.78, 5) is 33.1. The van der Waals surface area contributed by atoms with Gasteiger partial charge >= 0.3 is 6.09 Å². The lowest BCUT2D eigenvalue weighted by Gasteiger charge is -2.63. The number of H-pyrrole nitrogens is 1. The molecular weight excluding hydrogens is 540 g/mol. The number of carbonyl (C=O) groups is 2. The van der Waals surface area contributed by atoms with Crippen molar-refractivity contribution in [3.05, 3.63) is 82.6 Å². The van der Waals surface area contributed by atoms with Crippen molar-refractivity contribution in [2.75, 3.05) is 0 Å². The number of hydrogen-bond acceptors (Lipinski definition) is 5. The fourth-order valence-electron chi connectivity index (χ4n) is 10.2. The Balaban J connectivity index is 1.16. The van der Waals surface area contributed by atoms with Gasteiger partial charge in [-0.25, -0.2) is 4.79 Å². The summed E-state index contributed by atoms with van der Waals surface area (Å²) in [7, 11) is 0. The first kappa shape index (κ1) is 26.0. The summed E-state index contributed by atoms with van der Waals surface area (Å²) in [6, 6.07) is 16.8. The van der Waals surface area contributed by atoms with E-state index in [1.165, 1.54) is 33.3 Å².